The summed E-state index contributed by atoms with van der Waals surface area (Å²) in [6.45, 7) is 0.460. The predicted molar refractivity (Wildman–Crippen MR) is 97.2 cm³/mol. The summed E-state index contributed by atoms with van der Waals surface area (Å²) in [4.78, 5) is 16.1. The van der Waals surface area contributed by atoms with Gasteiger partial charge in [0.2, 0.25) is 5.91 Å². The first-order valence-corrected chi connectivity index (χ1v) is 7.32. The van der Waals surface area contributed by atoms with Gasteiger partial charge in [0.05, 0.1) is 0 Å². The maximum absolute atomic E-state index is 12.0. The molecule has 0 fully saturated rings. The summed E-state index contributed by atoms with van der Waals surface area (Å²) in [5, 5.41) is 10.2. The second-order valence-electron chi connectivity index (χ2n) is 4.95. The Balaban J connectivity index is 2.12. The van der Waals surface area contributed by atoms with Crippen molar-refractivity contribution in [2.75, 3.05) is 5.32 Å². The van der Waals surface area contributed by atoms with E-state index in [-0.39, 0.29) is 5.91 Å². The van der Waals surface area contributed by atoms with Gasteiger partial charge < -0.3 is 22.2 Å². The number of nitrogens with one attached hydrogen (secondary N) is 2. The highest BCUT2D eigenvalue weighted by atomic mass is 16.1. The molecule has 24 heavy (non-hydrogen) atoms. The lowest BCUT2D eigenvalue weighted by Gasteiger charge is -2.06. The second-order valence-corrected chi connectivity index (χ2v) is 4.95. The van der Waals surface area contributed by atoms with Crippen LogP contribution >= 0.6 is 0 Å². The van der Waals surface area contributed by atoms with Gasteiger partial charge in [-0.1, -0.05) is 12.1 Å². The third-order valence-electron chi connectivity index (χ3n) is 3.37. The number of allylic oxidation sites excluding steroid dienone is 1. The smallest absolute Gasteiger partial charge is 0.248 e. The van der Waals surface area contributed by atoms with Crippen molar-refractivity contribution in [1.29, 1.82) is 5.41 Å². The Labute approximate surface area is 140 Å². The molecule has 2 rings (SSSR count). The first-order chi connectivity index (χ1) is 11.7. The minimum atomic E-state index is -0.265. The molecule has 122 valence electrons. The molecule has 0 radical (unpaired) electrons. The van der Waals surface area contributed by atoms with E-state index < -0.39 is 0 Å². The van der Waals surface area contributed by atoms with E-state index in [9.17, 15) is 4.79 Å². The zero-order chi connectivity index (χ0) is 17.4. The van der Waals surface area contributed by atoms with Crippen molar-refractivity contribution in [3.63, 3.8) is 0 Å². The number of anilines is 1. The number of hydrogen-bond donors (Lipinski definition) is 4. The van der Waals surface area contributed by atoms with Gasteiger partial charge in [-0.3, -0.25) is 9.78 Å². The van der Waals surface area contributed by atoms with Crippen LogP contribution < -0.4 is 16.8 Å². The fraction of sp³-hybridized carbons (Fsp3) is 0.0556. The quantitative estimate of drug-likeness (QED) is 0.481. The molecular weight excluding hydrogens is 302 g/mol. The molecule has 1 amide bonds. The molecule has 0 aliphatic carbocycles. The molecule has 0 atom stereocenters. The van der Waals surface area contributed by atoms with E-state index in [2.05, 4.69) is 10.3 Å². The van der Waals surface area contributed by atoms with Crippen LogP contribution in [0.5, 0.6) is 0 Å². The summed E-state index contributed by atoms with van der Waals surface area (Å²) in [5.74, 6) is -0.265. The summed E-state index contributed by atoms with van der Waals surface area (Å²) in [6, 6.07) is 9.07. The van der Waals surface area contributed by atoms with Crippen LogP contribution in [0.4, 0.5) is 5.69 Å². The summed E-state index contributed by atoms with van der Waals surface area (Å²) in [5.41, 5.74) is 14.7. The number of nitrogens with zero attached hydrogens (tertiary/aromatic N) is 1. The Morgan fingerprint density at radius 1 is 1.25 bits per heavy atom. The number of nitrogens with two attached hydrogens (primary N) is 2. The molecule has 1 heterocycles. The first kappa shape index (κ1) is 17.1. The molecule has 1 aromatic carbocycles. The fourth-order valence-electron chi connectivity index (χ4n) is 2.09. The second kappa shape index (κ2) is 8.40. The van der Waals surface area contributed by atoms with Crippen LogP contribution in [0.1, 0.15) is 16.7 Å². The molecular formula is C18H19N5O. The summed E-state index contributed by atoms with van der Waals surface area (Å²) >= 11 is 0. The molecule has 6 N–H and O–H groups in total. The van der Waals surface area contributed by atoms with E-state index in [0.717, 1.165) is 17.3 Å². The minimum absolute atomic E-state index is 0.265. The summed E-state index contributed by atoms with van der Waals surface area (Å²) < 4.78 is 0. The summed E-state index contributed by atoms with van der Waals surface area (Å²) in [7, 11) is 0. The van der Waals surface area contributed by atoms with Crippen LogP contribution in [0.15, 0.2) is 55.0 Å². The molecule has 0 unspecified atom stereocenters. The number of pyridine rings is 1. The van der Waals surface area contributed by atoms with Crippen LogP contribution in [0.2, 0.25) is 0 Å². The van der Waals surface area contributed by atoms with Crippen LogP contribution in [0.25, 0.3) is 11.6 Å². The monoisotopic (exact) mass is 321 g/mol. The molecule has 0 aliphatic rings. The highest BCUT2D eigenvalue weighted by Gasteiger charge is 2.04. The van der Waals surface area contributed by atoms with Gasteiger partial charge in [0.25, 0.3) is 0 Å². The zero-order valence-corrected chi connectivity index (χ0v) is 13.1. The average Bonchev–Trinajstić information content (AvgIpc) is 2.62. The number of carbonyl (C=O) groups excluding carboxylic acids is 1. The lowest BCUT2D eigenvalue weighted by Crippen LogP contribution is -2.08. The van der Waals surface area contributed by atoms with Crippen LogP contribution in [-0.4, -0.2) is 17.1 Å². The number of hydrogen-bond acceptors (Lipinski definition) is 5. The van der Waals surface area contributed by atoms with E-state index in [1.54, 1.807) is 36.7 Å². The van der Waals surface area contributed by atoms with Gasteiger partial charge in [-0.2, -0.15) is 0 Å². The molecule has 0 saturated carbocycles. The Kier molecular flexibility index (Phi) is 5.99. The molecule has 0 spiro atoms. The normalized spacial score (nSPS) is 11.5. The Hall–Kier alpha value is -3.25. The molecule has 0 bridgehead atoms. The van der Waals surface area contributed by atoms with Crippen LogP contribution in [-0.2, 0) is 11.3 Å². The highest BCUT2D eigenvalue weighted by molar-refractivity contribution is 6.10. The highest BCUT2D eigenvalue weighted by Crippen LogP contribution is 2.17. The van der Waals surface area contributed by atoms with Gasteiger partial charge >= 0.3 is 0 Å². The van der Waals surface area contributed by atoms with Crippen molar-refractivity contribution in [2.45, 2.75) is 6.54 Å². The lowest BCUT2D eigenvalue weighted by atomic mass is 10.0. The fourth-order valence-corrected chi connectivity index (χ4v) is 2.09. The molecule has 6 nitrogen and oxygen atoms in total. The van der Waals surface area contributed by atoms with E-state index in [0.29, 0.717) is 23.4 Å². The molecule has 6 heteroatoms. The van der Waals surface area contributed by atoms with Gasteiger partial charge in [-0.25, -0.2) is 0 Å². The number of rotatable bonds is 6. The lowest BCUT2D eigenvalue weighted by molar-refractivity contribution is -0.111. The maximum atomic E-state index is 12.0. The van der Waals surface area contributed by atoms with E-state index in [1.165, 1.54) is 12.3 Å². The molecule has 0 saturated heterocycles. The van der Waals surface area contributed by atoms with Gasteiger partial charge in [-0.05, 0) is 35.4 Å². The summed E-state index contributed by atoms with van der Waals surface area (Å²) in [6.07, 6.45) is 8.78. The Bertz CT molecular complexity index is 778. The maximum Gasteiger partial charge on any atom is 0.248 e. The first-order valence-electron chi connectivity index (χ1n) is 7.32. The van der Waals surface area contributed by atoms with Gasteiger partial charge in [-0.15, -0.1) is 0 Å². The topological polar surface area (TPSA) is 118 Å². The van der Waals surface area contributed by atoms with E-state index in [1.807, 2.05) is 12.1 Å². The third-order valence-corrected chi connectivity index (χ3v) is 3.37. The molecule has 1 aromatic heterocycles. The van der Waals surface area contributed by atoms with Crippen molar-refractivity contribution in [3.8, 4) is 0 Å². The largest absolute Gasteiger partial charge is 0.404 e. The van der Waals surface area contributed by atoms with Crippen molar-refractivity contribution < 1.29 is 4.79 Å². The van der Waals surface area contributed by atoms with Crippen LogP contribution in [0, 0.1) is 5.41 Å². The molecule has 0 aliphatic heterocycles. The average molecular weight is 321 g/mol. The van der Waals surface area contributed by atoms with Crippen molar-refractivity contribution in [3.05, 3.63) is 71.7 Å². The Morgan fingerprint density at radius 3 is 2.62 bits per heavy atom. The minimum Gasteiger partial charge on any atom is -0.404 e. The van der Waals surface area contributed by atoms with Crippen molar-refractivity contribution in [1.82, 2.24) is 4.98 Å². The van der Waals surface area contributed by atoms with Gasteiger partial charge in [0, 0.05) is 54.3 Å². The van der Waals surface area contributed by atoms with Crippen LogP contribution in [0.3, 0.4) is 0 Å². The van der Waals surface area contributed by atoms with E-state index in [4.69, 9.17) is 16.9 Å². The number of benzene rings is 1. The van der Waals surface area contributed by atoms with Gasteiger partial charge in [0.1, 0.15) is 0 Å². The number of carbonyl (C=O) groups is 1. The molecule has 2 aromatic rings. The third kappa shape index (κ3) is 4.37. The predicted octanol–water partition coefficient (Wildman–Crippen LogP) is 2.14. The Morgan fingerprint density at radius 2 is 2.00 bits per heavy atom. The van der Waals surface area contributed by atoms with E-state index >= 15 is 0 Å². The van der Waals surface area contributed by atoms with Crippen molar-refractivity contribution >= 4 is 29.5 Å². The standard InChI is InChI=1S/C18H19N5O/c19-9-13-1-4-16(5-2-13)23-18(24)6-3-14-12-22-8-7-17(14)15(10-20)11-21/h1-8,10-12,20H,9,19,21H2,(H,23,24)/b6-3+,15-11?,20-10?. The zero-order valence-electron chi connectivity index (χ0n) is 13.1. The number of aromatic nitrogens is 1. The SMILES string of the molecule is N=CC(=CN)c1ccncc1/C=C/C(=O)Nc1ccc(CN)cc1. The van der Waals surface area contributed by atoms with Crippen molar-refractivity contribution in [2.24, 2.45) is 11.5 Å². The van der Waals surface area contributed by atoms with Gasteiger partial charge in [0.15, 0.2) is 0 Å². The number of amides is 1.